The van der Waals surface area contributed by atoms with Gasteiger partial charge in [-0.15, -0.1) is 6.42 Å². The first-order valence-electron chi connectivity index (χ1n) is 15.9. The van der Waals surface area contributed by atoms with Crippen LogP contribution in [0.1, 0.15) is 45.1 Å². The largest absolute Gasteiger partial charge is 0.508 e. The maximum Gasteiger partial charge on any atom is 0.257 e. The number of phenolic OH excluding ortho intramolecular Hbond substituents is 1. The Labute approximate surface area is 268 Å². The molecule has 3 atom stereocenters. The molecule has 1 N–H and O–H groups in total. The van der Waals surface area contributed by atoms with Crippen molar-refractivity contribution in [2.75, 3.05) is 44.7 Å². The molecule has 240 valence electrons. The monoisotopic (exact) mass is 627 g/mol. The predicted octanol–water partition coefficient (Wildman–Crippen LogP) is 5.92. The summed E-state index contributed by atoms with van der Waals surface area (Å²) >= 11 is 0. The Hall–Kier alpha value is -4.49. The van der Waals surface area contributed by atoms with Crippen LogP contribution in [-0.2, 0) is 4.79 Å². The molecular formula is C36H39F2N5O3. The van der Waals surface area contributed by atoms with Crippen LogP contribution in [0.4, 0.5) is 14.5 Å². The summed E-state index contributed by atoms with van der Waals surface area (Å²) in [5, 5.41) is 11.7. The third-order valence-corrected chi connectivity index (χ3v) is 9.27. The van der Waals surface area contributed by atoms with Crippen molar-refractivity contribution in [3.05, 3.63) is 54.0 Å². The van der Waals surface area contributed by atoms with Gasteiger partial charge >= 0.3 is 0 Å². The van der Waals surface area contributed by atoms with Crippen LogP contribution in [0.5, 0.6) is 11.6 Å². The van der Waals surface area contributed by atoms with Crippen molar-refractivity contribution >= 4 is 33.4 Å². The number of pyridine rings is 2. The smallest absolute Gasteiger partial charge is 0.257 e. The Kier molecular flexibility index (Phi) is 8.96. The van der Waals surface area contributed by atoms with E-state index in [9.17, 15) is 18.7 Å². The van der Waals surface area contributed by atoms with Crippen molar-refractivity contribution in [2.24, 2.45) is 0 Å². The number of terminal acetylenes is 1. The Morgan fingerprint density at radius 3 is 2.74 bits per heavy atom. The lowest BCUT2D eigenvalue weighted by Crippen LogP contribution is -2.56. The van der Waals surface area contributed by atoms with Gasteiger partial charge in [-0.25, -0.2) is 13.8 Å². The van der Waals surface area contributed by atoms with E-state index in [4.69, 9.17) is 21.1 Å². The first kappa shape index (κ1) is 31.5. The summed E-state index contributed by atoms with van der Waals surface area (Å²) in [4.78, 5) is 28.6. The molecule has 2 aliphatic heterocycles. The molecule has 8 nitrogen and oxygen atoms in total. The maximum atomic E-state index is 14.8. The third kappa shape index (κ3) is 6.04. The summed E-state index contributed by atoms with van der Waals surface area (Å²) in [6, 6.07) is 9.88. The second kappa shape index (κ2) is 13.1. The van der Waals surface area contributed by atoms with Gasteiger partial charge in [-0.05, 0) is 75.0 Å². The number of nitrogens with zero attached hydrogens (tertiary/aromatic N) is 5. The molecule has 0 saturated carbocycles. The minimum absolute atomic E-state index is 0.0144. The van der Waals surface area contributed by atoms with Gasteiger partial charge in [0.1, 0.15) is 23.7 Å². The van der Waals surface area contributed by atoms with Gasteiger partial charge in [0.2, 0.25) is 5.88 Å². The topological polar surface area (TPSA) is 82.0 Å². The molecule has 2 fully saturated rings. The van der Waals surface area contributed by atoms with E-state index < -0.39 is 17.9 Å². The van der Waals surface area contributed by atoms with Gasteiger partial charge in [-0.3, -0.25) is 9.78 Å². The molecule has 2 aromatic heterocycles. The second-order valence-corrected chi connectivity index (χ2v) is 12.4. The molecule has 0 bridgehead atoms. The number of piperazine rings is 1. The fraction of sp³-hybridized carbons (Fsp3) is 0.417. The minimum Gasteiger partial charge on any atom is -0.508 e. The van der Waals surface area contributed by atoms with E-state index in [2.05, 4.69) is 29.7 Å². The van der Waals surface area contributed by atoms with Crippen LogP contribution in [0, 0.1) is 18.2 Å². The molecule has 1 amide bonds. The Morgan fingerprint density at radius 2 is 2.02 bits per heavy atom. The van der Waals surface area contributed by atoms with Gasteiger partial charge in [0.05, 0.1) is 16.8 Å². The average Bonchev–Trinajstić information content (AvgIpc) is 3.46. The fourth-order valence-electron chi connectivity index (χ4n) is 6.87. The zero-order valence-corrected chi connectivity index (χ0v) is 26.5. The number of aromatic nitrogens is 2. The highest BCUT2D eigenvalue weighted by Gasteiger charge is 2.33. The van der Waals surface area contributed by atoms with E-state index in [1.807, 2.05) is 12.1 Å². The van der Waals surface area contributed by atoms with Gasteiger partial charge in [-0.2, -0.15) is 0 Å². The number of phenols is 1. The standard InChI is InChI=1S/C36H39F2N5O3/c1-5-8-25-20-42(13-14-43(25)36(45)22(3)37)32-18-33(46-21-26-9-7-12-41(26)4)40-31-16-24(19-39-35(31)32)29-17-27(44)15-23-10-11-30(38)28(6-2)34(23)29/h2,10-11,15-19,22,25-26,44H,5,7-9,12-14,20-21H2,1,3-4H3/t22?,25-,26-/m0/s1. The van der Waals surface area contributed by atoms with Crippen LogP contribution in [0.25, 0.3) is 32.9 Å². The molecule has 4 heterocycles. The van der Waals surface area contributed by atoms with Gasteiger partial charge in [0.25, 0.3) is 5.91 Å². The van der Waals surface area contributed by atoms with Crippen LogP contribution in [0.2, 0.25) is 0 Å². The number of halogens is 2. The summed E-state index contributed by atoms with van der Waals surface area (Å²) < 4.78 is 35.2. The van der Waals surface area contributed by atoms with E-state index in [-0.39, 0.29) is 23.4 Å². The fourth-order valence-corrected chi connectivity index (χ4v) is 6.87. The minimum atomic E-state index is -1.56. The van der Waals surface area contributed by atoms with E-state index in [1.165, 1.54) is 13.0 Å². The normalized spacial score (nSPS) is 19.5. The molecule has 2 aliphatic rings. The number of fused-ring (bicyclic) bond motifs is 2. The molecule has 0 spiro atoms. The molecule has 2 aromatic carbocycles. The number of ether oxygens (including phenoxy) is 1. The molecule has 6 rings (SSSR count). The number of alkyl halides is 1. The van der Waals surface area contributed by atoms with Gasteiger partial charge in [-0.1, -0.05) is 25.3 Å². The highest BCUT2D eigenvalue weighted by molar-refractivity contribution is 6.03. The Balaban J connectivity index is 1.45. The van der Waals surface area contributed by atoms with Gasteiger partial charge in [0, 0.05) is 54.9 Å². The molecule has 1 unspecified atom stereocenters. The molecule has 2 saturated heterocycles. The zero-order chi connectivity index (χ0) is 32.5. The lowest BCUT2D eigenvalue weighted by atomic mass is 9.94. The lowest BCUT2D eigenvalue weighted by Gasteiger charge is -2.43. The van der Waals surface area contributed by atoms with Crippen LogP contribution < -0.4 is 9.64 Å². The summed E-state index contributed by atoms with van der Waals surface area (Å²) in [6.07, 6.45) is 9.61. The number of benzene rings is 2. The average molecular weight is 628 g/mol. The van der Waals surface area contributed by atoms with Crippen molar-refractivity contribution in [2.45, 2.75) is 57.8 Å². The highest BCUT2D eigenvalue weighted by Crippen LogP contribution is 2.38. The molecule has 10 heteroatoms. The number of likely N-dealkylation sites (tertiary alicyclic amines) is 1. The maximum absolute atomic E-state index is 14.8. The first-order chi connectivity index (χ1) is 22.2. The summed E-state index contributed by atoms with van der Waals surface area (Å²) in [6.45, 7) is 6.25. The van der Waals surface area contributed by atoms with E-state index in [0.717, 1.165) is 37.9 Å². The van der Waals surface area contributed by atoms with Crippen molar-refractivity contribution in [3.8, 4) is 35.1 Å². The Bertz CT molecular complexity index is 1820. The van der Waals surface area contributed by atoms with E-state index in [0.29, 0.717) is 65.1 Å². The molecule has 46 heavy (non-hydrogen) atoms. The van der Waals surface area contributed by atoms with E-state index in [1.54, 1.807) is 29.3 Å². The summed E-state index contributed by atoms with van der Waals surface area (Å²) in [5.74, 6) is 1.93. The number of hydrogen-bond acceptors (Lipinski definition) is 7. The second-order valence-electron chi connectivity index (χ2n) is 12.4. The number of aromatic hydroxyl groups is 1. The van der Waals surface area contributed by atoms with Crippen LogP contribution in [0.15, 0.2) is 42.6 Å². The van der Waals surface area contributed by atoms with Crippen LogP contribution in [-0.4, -0.2) is 88.9 Å². The quantitative estimate of drug-likeness (QED) is 0.243. The lowest BCUT2D eigenvalue weighted by molar-refractivity contribution is -0.138. The Morgan fingerprint density at radius 1 is 1.20 bits per heavy atom. The molecular weight excluding hydrogens is 588 g/mol. The van der Waals surface area contributed by atoms with Crippen molar-refractivity contribution < 1.29 is 23.4 Å². The van der Waals surface area contributed by atoms with Crippen LogP contribution >= 0.6 is 0 Å². The van der Waals surface area contributed by atoms with Gasteiger partial charge < -0.3 is 24.5 Å². The number of carbonyl (C=O) groups excluding carboxylic acids is 1. The molecule has 0 aliphatic carbocycles. The van der Waals surface area contributed by atoms with Crippen molar-refractivity contribution in [1.82, 2.24) is 19.8 Å². The predicted molar refractivity (Wildman–Crippen MR) is 176 cm³/mol. The number of carbonyl (C=O) groups is 1. The highest BCUT2D eigenvalue weighted by atomic mass is 19.1. The number of likely N-dealkylation sites (N-methyl/N-ethyl adjacent to an activating group) is 1. The number of anilines is 1. The zero-order valence-electron chi connectivity index (χ0n) is 26.5. The number of amides is 1. The van der Waals surface area contributed by atoms with E-state index >= 15 is 0 Å². The third-order valence-electron chi connectivity index (χ3n) is 9.27. The first-order valence-corrected chi connectivity index (χ1v) is 15.9. The number of rotatable bonds is 8. The van der Waals surface area contributed by atoms with Gasteiger partial charge in [0.15, 0.2) is 6.17 Å². The summed E-state index contributed by atoms with van der Waals surface area (Å²) in [5.41, 5.74) is 3.26. The molecule has 0 radical (unpaired) electrons. The number of hydrogen-bond donors (Lipinski definition) is 1. The van der Waals surface area contributed by atoms with Crippen molar-refractivity contribution in [1.29, 1.82) is 0 Å². The molecule has 4 aromatic rings. The van der Waals surface area contributed by atoms with Crippen molar-refractivity contribution in [3.63, 3.8) is 0 Å². The SMILES string of the molecule is C#Cc1c(F)ccc2cc(O)cc(-c3cnc4c(N5CCN(C(=O)C(C)F)[C@@H](CCC)C5)cc(OC[C@@H]5CCCN5C)nc4c3)c12. The summed E-state index contributed by atoms with van der Waals surface area (Å²) in [7, 11) is 2.09. The van der Waals surface area contributed by atoms with Crippen LogP contribution in [0.3, 0.4) is 0 Å².